The van der Waals surface area contributed by atoms with Crippen LogP contribution in [0.2, 0.25) is 0 Å². The average Bonchev–Trinajstić information content (AvgIpc) is 2.45. The van der Waals surface area contributed by atoms with Crippen molar-refractivity contribution in [2.75, 3.05) is 0 Å². The molecule has 1 heterocycles. The van der Waals surface area contributed by atoms with Crippen molar-refractivity contribution in [1.29, 1.82) is 0 Å². The molecule has 12 heavy (non-hydrogen) atoms. The minimum absolute atomic E-state index is 1.26. The molecule has 0 nitrogen and oxygen atoms in total. The van der Waals surface area contributed by atoms with E-state index < -0.39 is 0 Å². The maximum atomic E-state index is 3.47. The third kappa shape index (κ3) is 3.72. The fourth-order valence-corrected chi connectivity index (χ4v) is 2.74. The Morgan fingerprint density at radius 1 is 1.25 bits per heavy atom. The van der Waals surface area contributed by atoms with E-state index in [1.54, 1.807) is 0 Å². The standard InChI is InChI=1S/C10H15BrS/c1-2-3-4-5-6-9-7-8-10(11)12-9/h7-8H,2-6H2,1H3. The lowest BCUT2D eigenvalue weighted by Gasteiger charge is -1.96. The smallest absolute Gasteiger partial charge is 0.0701 e. The van der Waals surface area contributed by atoms with Gasteiger partial charge >= 0.3 is 0 Å². The second-order valence-corrected chi connectivity index (χ2v) is 5.56. The van der Waals surface area contributed by atoms with Gasteiger partial charge in [-0.15, -0.1) is 11.3 Å². The predicted molar refractivity (Wildman–Crippen MR) is 59.9 cm³/mol. The molecule has 0 saturated carbocycles. The molecule has 0 aromatic carbocycles. The molecule has 0 bridgehead atoms. The van der Waals surface area contributed by atoms with Gasteiger partial charge in [0.1, 0.15) is 0 Å². The van der Waals surface area contributed by atoms with E-state index in [1.165, 1.54) is 40.8 Å². The molecule has 0 aliphatic carbocycles. The van der Waals surface area contributed by atoms with Crippen LogP contribution in [0.4, 0.5) is 0 Å². The van der Waals surface area contributed by atoms with E-state index in [2.05, 4.69) is 35.0 Å². The first-order valence-electron chi connectivity index (χ1n) is 4.57. The summed E-state index contributed by atoms with van der Waals surface area (Å²) in [6.45, 7) is 2.25. The molecule has 0 unspecified atom stereocenters. The van der Waals surface area contributed by atoms with Crippen LogP contribution in [-0.2, 0) is 6.42 Å². The van der Waals surface area contributed by atoms with Crippen LogP contribution in [0.1, 0.15) is 37.5 Å². The van der Waals surface area contributed by atoms with Crippen LogP contribution in [0.3, 0.4) is 0 Å². The van der Waals surface area contributed by atoms with Crippen molar-refractivity contribution in [2.24, 2.45) is 0 Å². The molecule has 0 aliphatic heterocycles. The molecule has 0 aliphatic rings. The fourth-order valence-electron chi connectivity index (χ4n) is 1.21. The van der Waals surface area contributed by atoms with Crippen LogP contribution in [0.15, 0.2) is 15.9 Å². The summed E-state index contributed by atoms with van der Waals surface area (Å²) in [5, 5.41) is 0. The number of hydrogen-bond donors (Lipinski definition) is 0. The maximum Gasteiger partial charge on any atom is 0.0701 e. The summed E-state index contributed by atoms with van der Waals surface area (Å²) >= 11 is 5.34. The van der Waals surface area contributed by atoms with Gasteiger partial charge in [0.2, 0.25) is 0 Å². The van der Waals surface area contributed by atoms with Crippen LogP contribution in [0, 0.1) is 0 Å². The van der Waals surface area contributed by atoms with Crippen LogP contribution in [0.5, 0.6) is 0 Å². The molecule has 0 spiro atoms. The molecular formula is C10H15BrS. The highest BCUT2D eigenvalue weighted by Crippen LogP contribution is 2.23. The summed E-state index contributed by atoms with van der Waals surface area (Å²) in [5.41, 5.74) is 0. The van der Waals surface area contributed by atoms with Crippen molar-refractivity contribution in [3.63, 3.8) is 0 Å². The summed E-state index contributed by atoms with van der Waals surface area (Å²) in [5.74, 6) is 0. The van der Waals surface area contributed by atoms with Crippen molar-refractivity contribution in [2.45, 2.75) is 39.0 Å². The average molecular weight is 247 g/mol. The number of halogens is 1. The highest BCUT2D eigenvalue weighted by molar-refractivity contribution is 9.11. The van der Waals surface area contributed by atoms with Gasteiger partial charge < -0.3 is 0 Å². The van der Waals surface area contributed by atoms with E-state index in [1.807, 2.05) is 11.3 Å². The van der Waals surface area contributed by atoms with Crippen LogP contribution in [0.25, 0.3) is 0 Å². The summed E-state index contributed by atoms with van der Waals surface area (Å²) in [7, 11) is 0. The van der Waals surface area contributed by atoms with Crippen LogP contribution < -0.4 is 0 Å². The molecule has 0 fully saturated rings. The first-order chi connectivity index (χ1) is 5.83. The Hall–Kier alpha value is 0.180. The zero-order valence-electron chi connectivity index (χ0n) is 7.48. The van der Waals surface area contributed by atoms with Crippen molar-refractivity contribution in [3.8, 4) is 0 Å². The highest BCUT2D eigenvalue weighted by atomic mass is 79.9. The summed E-state index contributed by atoms with van der Waals surface area (Å²) < 4.78 is 1.26. The molecule has 68 valence electrons. The van der Waals surface area contributed by atoms with Crippen molar-refractivity contribution in [3.05, 3.63) is 20.8 Å². The highest BCUT2D eigenvalue weighted by Gasteiger charge is 1.96. The van der Waals surface area contributed by atoms with Gasteiger partial charge in [0.05, 0.1) is 3.79 Å². The van der Waals surface area contributed by atoms with Crippen molar-refractivity contribution < 1.29 is 0 Å². The maximum absolute atomic E-state index is 3.47. The number of aryl methyl sites for hydroxylation is 1. The van der Waals surface area contributed by atoms with Gasteiger partial charge in [0, 0.05) is 4.88 Å². The van der Waals surface area contributed by atoms with Gasteiger partial charge in [-0.3, -0.25) is 0 Å². The van der Waals surface area contributed by atoms with E-state index in [0.717, 1.165) is 0 Å². The van der Waals surface area contributed by atoms with Crippen molar-refractivity contribution >= 4 is 27.3 Å². The van der Waals surface area contributed by atoms with Crippen LogP contribution in [-0.4, -0.2) is 0 Å². The topological polar surface area (TPSA) is 0 Å². The van der Waals surface area contributed by atoms with Gasteiger partial charge in [-0.05, 0) is 40.9 Å². The Balaban J connectivity index is 2.15. The summed E-state index contributed by atoms with van der Waals surface area (Å²) in [6, 6.07) is 4.36. The minimum Gasteiger partial charge on any atom is -0.133 e. The Morgan fingerprint density at radius 2 is 2.08 bits per heavy atom. The molecule has 2 heteroatoms. The molecule has 0 radical (unpaired) electrons. The molecule has 1 aromatic rings. The Bertz CT molecular complexity index is 217. The van der Waals surface area contributed by atoms with Crippen molar-refractivity contribution in [1.82, 2.24) is 0 Å². The molecule has 0 saturated heterocycles. The van der Waals surface area contributed by atoms with Gasteiger partial charge in [0.25, 0.3) is 0 Å². The van der Waals surface area contributed by atoms with Gasteiger partial charge in [-0.1, -0.05) is 26.2 Å². The normalized spacial score (nSPS) is 10.5. The Labute approximate surface area is 87.1 Å². The van der Waals surface area contributed by atoms with Gasteiger partial charge in [-0.25, -0.2) is 0 Å². The largest absolute Gasteiger partial charge is 0.133 e. The number of unbranched alkanes of at least 4 members (excludes halogenated alkanes) is 3. The zero-order valence-corrected chi connectivity index (χ0v) is 9.88. The Kier molecular flexibility index (Phi) is 4.93. The first kappa shape index (κ1) is 10.3. The van der Waals surface area contributed by atoms with E-state index in [4.69, 9.17) is 0 Å². The Morgan fingerprint density at radius 3 is 2.67 bits per heavy atom. The lowest BCUT2D eigenvalue weighted by molar-refractivity contribution is 0.670. The molecule has 0 N–H and O–H groups in total. The summed E-state index contributed by atoms with van der Waals surface area (Å²) in [6.07, 6.45) is 6.70. The molecule has 0 atom stereocenters. The third-order valence-corrected chi connectivity index (χ3v) is 3.59. The van der Waals surface area contributed by atoms with E-state index in [-0.39, 0.29) is 0 Å². The molecule has 1 rings (SSSR count). The first-order valence-corrected chi connectivity index (χ1v) is 6.18. The number of thiophene rings is 1. The lowest BCUT2D eigenvalue weighted by Crippen LogP contribution is -1.80. The van der Waals surface area contributed by atoms with Crippen LogP contribution >= 0.6 is 27.3 Å². The van der Waals surface area contributed by atoms with E-state index in [0.29, 0.717) is 0 Å². The monoisotopic (exact) mass is 246 g/mol. The summed E-state index contributed by atoms with van der Waals surface area (Å²) in [4.78, 5) is 1.51. The second kappa shape index (κ2) is 5.76. The number of rotatable bonds is 5. The fraction of sp³-hybridized carbons (Fsp3) is 0.600. The van der Waals surface area contributed by atoms with Gasteiger partial charge in [0.15, 0.2) is 0 Å². The molecule has 1 aromatic heterocycles. The van der Waals surface area contributed by atoms with Gasteiger partial charge in [-0.2, -0.15) is 0 Å². The quantitative estimate of drug-likeness (QED) is 0.665. The molecular weight excluding hydrogens is 232 g/mol. The molecule has 0 amide bonds. The zero-order chi connectivity index (χ0) is 8.81. The predicted octanol–water partition coefficient (Wildman–Crippen LogP) is 4.63. The lowest BCUT2D eigenvalue weighted by atomic mass is 10.1. The van der Waals surface area contributed by atoms with E-state index >= 15 is 0 Å². The second-order valence-electron chi connectivity index (χ2n) is 3.02. The SMILES string of the molecule is CCCCCCc1ccc(Br)s1. The minimum atomic E-state index is 1.26. The third-order valence-electron chi connectivity index (χ3n) is 1.91. The van der Waals surface area contributed by atoms with E-state index in [9.17, 15) is 0 Å². The number of hydrogen-bond acceptors (Lipinski definition) is 1.